The van der Waals surface area contributed by atoms with E-state index in [1.165, 1.54) is 12.8 Å². The van der Waals surface area contributed by atoms with E-state index >= 15 is 0 Å². The van der Waals surface area contributed by atoms with Crippen LogP contribution in [0.1, 0.15) is 66.2 Å². The van der Waals surface area contributed by atoms with Gasteiger partial charge in [-0.25, -0.2) is 0 Å². The fraction of sp³-hybridized carbons (Fsp3) is 1.00. The minimum Gasteiger partial charge on any atom is -0.390 e. The number of rotatable bonds is 5. The first-order valence-corrected chi connectivity index (χ1v) is 7.47. The lowest BCUT2D eigenvalue weighted by atomic mass is 9.83. The highest BCUT2D eigenvalue weighted by Crippen LogP contribution is 2.31. The van der Waals surface area contributed by atoms with E-state index in [4.69, 9.17) is 0 Å². The van der Waals surface area contributed by atoms with Crippen molar-refractivity contribution >= 4 is 0 Å². The molecule has 1 unspecified atom stereocenters. The van der Waals surface area contributed by atoms with E-state index in [9.17, 15) is 5.11 Å². The molecule has 0 bridgehead atoms. The molecule has 0 saturated carbocycles. The molecule has 17 heavy (non-hydrogen) atoms. The summed E-state index contributed by atoms with van der Waals surface area (Å²) in [5.74, 6) is 0.700. The molecule has 1 heterocycles. The smallest absolute Gasteiger partial charge is 0.0663 e. The molecule has 1 atom stereocenters. The Bertz CT molecular complexity index is 213. The summed E-state index contributed by atoms with van der Waals surface area (Å²) in [4.78, 5) is 2.50. The van der Waals surface area contributed by atoms with Crippen LogP contribution in [0.4, 0.5) is 0 Å². The van der Waals surface area contributed by atoms with Crippen molar-refractivity contribution in [3.63, 3.8) is 0 Å². The summed E-state index contributed by atoms with van der Waals surface area (Å²) >= 11 is 0. The molecule has 0 radical (unpaired) electrons. The summed E-state index contributed by atoms with van der Waals surface area (Å²) < 4.78 is 0. The molecule has 2 heteroatoms. The van der Waals surface area contributed by atoms with Crippen LogP contribution in [0.5, 0.6) is 0 Å². The quantitative estimate of drug-likeness (QED) is 0.797. The number of nitrogens with zero attached hydrogens (tertiary/aromatic N) is 1. The lowest BCUT2D eigenvalue weighted by Gasteiger charge is -2.31. The van der Waals surface area contributed by atoms with Crippen LogP contribution in [-0.2, 0) is 0 Å². The first-order valence-electron chi connectivity index (χ1n) is 7.47. The fourth-order valence-corrected chi connectivity index (χ4v) is 3.03. The number of hydrogen-bond donors (Lipinski definition) is 1. The zero-order valence-corrected chi connectivity index (χ0v) is 12.2. The molecule has 1 fully saturated rings. The van der Waals surface area contributed by atoms with Crippen molar-refractivity contribution in [3.8, 4) is 0 Å². The molecule has 1 N–H and O–H groups in total. The third kappa shape index (κ3) is 4.59. The van der Waals surface area contributed by atoms with Gasteiger partial charge in [-0.05, 0) is 52.0 Å². The van der Waals surface area contributed by atoms with Gasteiger partial charge in [-0.1, -0.05) is 26.7 Å². The first kappa shape index (κ1) is 15.0. The lowest BCUT2D eigenvalue weighted by Crippen LogP contribution is -2.35. The summed E-state index contributed by atoms with van der Waals surface area (Å²) in [6, 6.07) is 0.616. The van der Waals surface area contributed by atoms with Gasteiger partial charge in [-0.3, -0.25) is 0 Å². The van der Waals surface area contributed by atoms with E-state index < -0.39 is 0 Å². The topological polar surface area (TPSA) is 23.5 Å². The molecule has 1 aliphatic heterocycles. The number of hydrogen-bond acceptors (Lipinski definition) is 2. The van der Waals surface area contributed by atoms with Crippen LogP contribution in [0.3, 0.4) is 0 Å². The first-order chi connectivity index (χ1) is 8.00. The SMILES string of the molecule is CCC(CC)CC1(O)CCCN(C(C)C)CC1. The molecular weight excluding hydrogens is 210 g/mol. The van der Waals surface area contributed by atoms with Crippen LogP contribution in [0.2, 0.25) is 0 Å². The van der Waals surface area contributed by atoms with Crippen molar-refractivity contribution in [1.29, 1.82) is 0 Å². The predicted octanol–water partition coefficient (Wildman–Crippen LogP) is 3.44. The van der Waals surface area contributed by atoms with Gasteiger partial charge in [0.15, 0.2) is 0 Å². The van der Waals surface area contributed by atoms with Gasteiger partial charge in [0, 0.05) is 12.6 Å². The predicted molar refractivity (Wildman–Crippen MR) is 74.2 cm³/mol. The van der Waals surface area contributed by atoms with Crippen LogP contribution in [0.15, 0.2) is 0 Å². The standard InChI is InChI=1S/C15H31NO/c1-5-14(6-2)12-15(17)8-7-10-16(11-9-15)13(3)4/h13-14,17H,5-12H2,1-4H3. The second-order valence-electron chi connectivity index (χ2n) is 6.09. The van der Waals surface area contributed by atoms with E-state index in [0.717, 1.165) is 38.8 Å². The monoisotopic (exact) mass is 241 g/mol. The molecule has 102 valence electrons. The minimum atomic E-state index is -0.389. The van der Waals surface area contributed by atoms with Crippen LogP contribution in [0.25, 0.3) is 0 Å². The van der Waals surface area contributed by atoms with Gasteiger partial charge in [0.25, 0.3) is 0 Å². The number of likely N-dealkylation sites (tertiary alicyclic amines) is 1. The Hall–Kier alpha value is -0.0800. The van der Waals surface area contributed by atoms with Gasteiger partial charge in [-0.15, -0.1) is 0 Å². The van der Waals surface area contributed by atoms with Crippen molar-refractivity contribution in [2.24, 2.45) is 5.92 Å². The fourth-order valence-electron chi connectivity index (χ4n) is 3.03. The van der Waals surface area contributed by atoms with E-state index in [0.29, 0.717) is 12.0 Å². The van der Waals surface area contributed by atoms with E-state index in [2.05, 4.69) is 32.6 Å². The summed E-state index contributed by atoms with van der Waals surface area (Å²) in [5.41, 5.74) is -0.389. The van der Waals surface area contributed by atoms with Crippen molar-refractivity contribution in [3.05, 3.63) is 0 Å². The third-order valence-electron chi connectivity index (χ3n) is 4.51. The molecule has 2 nitrogen and oxygen atoms in total. The van der Waals surface area contributed by atoms with Crippen LogP contribution in [0, 0.1) is 5.92 Å². The van der Waals surface area contributed by atoms with E-state index in [1.54, 1.807) is 0 Å². The van der Waals surface area contributed by atoms with Gasteiger partial charge in [0.1, 0.15) is 0 Å². The van der Waals surface area contributed by atoms with Crippen molar-refractivity contribution in [2.75, 3.05) is 13.1 Å². The molecule has 0 aliphatic carbocycles. The molecule has 0 spiro atoms. The maximum Gasteiger partial charge on any atom is 0.0663 e. The van der Waals surface area contributed by atoms with E-state index in [1.807, 2.05) is 0 Å². The van der Waals surface area contributed by atoms with Gasteiger partial charge in [0.2, 0.25) is 0 Å². The second-order valence-corrected chi connectivity index (χ2v) is 6.09. The largest absolute Gasteiger partial charge is 0.390 e. The molecule has 1 rings (SSSR count). The van der Waals surface area contributed by atoms with Gasteiger partial charge >= 0.3 is 0 Å². The molecule has 1 saturated heterocycles. The average Bonchev–Trinajstić information content (AvgIpc) is 2.48. The highest BCUT2D eigenvalue weighted by Gasteiger charge is 2.32. The highest BCUT2D eigenvalue weighted by molar-refractivity contribution is 4.86. The second kappa shape index (κ2) is 6.75. The summed E-state index contributed by atoms with van der Waals surface area (Å²) in [6.07, 6.45) is 6.51. The Morgan fingerprint density at radius 1 is 1.12 bits per heavy atom. The zero-order chi connectivity index (χ0) is 12.9. The zero-order valence-electron chi connectivity index (χ0n) is 12.2. The third-order valence-corrected chi connectivity index (χ3v) is 4.51. The van der Waals surface area contributed by atoms with E-state index in [-0.39, 0.29) is 5.60 Å². The normalized spacial score (nSPS) is 27.7. The Labute approximate surface area is 107 Å². The molecule has 0 aromatic heterocycles. The Kier molecular flexibility index (Phi) is 5.94. The van der Waals surface area contributed by atoms with Crippen molar-refractivity contribution < 1.29 is 5.11 Å². The van der Waals surface area contributed by atoms with Gasteiger partial charge < -0.3 is 10.0 Å². The molecule has 1 aliphatic rings. The molecule has 0 aromatic rings. The van der Waals surface area contributed by atoms with Gasteiger partial charge in [-0.2, -0.15) is 0 Å². The van der Waals surface area contributed by atoms with Crippen LogP contribution < -0.4 is 0 Å². The average molecular weight is 241 g/mol. The summed E-state index contributed by atoms with van der Waals surface area (Å²) in [5, 5.41) is 10.8. The molecule has 0 amide bonds. The number of aliphatic hydroxyl groups is 1. The maximum absolute atomic E-state index is 10.8. The minimum absolute atomic E-state index is 0.389. The Morgan fingerprint density at radius 3 is 2.29 bits per heavy atom. The molecule has 0 aromatic carbocycles. The molecular formula is C15H31NO. The van der Waals surface area contributed by atoms with Crippen molar-refractivity contribution in [1.82, 2.24) is 4.90 Å². The summed E-state index contributed by atoms with van der Waals surface area (Å²) in [7, 11) is 0. The highest BCUT2D eigenvalue weighted by atomic mass is 16.3. The summed E-state index contributed by atoms with van der Waals surface area (Å²) in [6.45, 7) is 11.2. The maximum atomic E-state index is 10.8. The Balaban J connectivity index is 2.53. The van der Waals surface area contributed by atoms with Crippen molar-refractivity contribution in [2.45, 2.75) is 77.9 Å². The van der Waals surface area contributed by atoms with Crippen LogP contribution >= 0.6 is 0 Å². The lowest BCUT2D eigenvalue weighted by molar-refractivity contribution is 0.0000351. The van der Waals surface area contributed by atoms with Gasteiger partial charge in [0.05, 0.1) is 5.60 Å². The van der Waals surface area contributed by atoms with Crippen LogP contribution in [-0.4, -0.2) is 34.7 Å². The Morgan fingerprint density at radius 2 is 1.76 bits per heavy atom.